The third-order valence-electron chi connectivity index (χ3n) is 3.60. The quantitative estimate of drug-likeness (QED) is 0.841. The largest absolute Gasteiger partial charge is 0.481 e. The third-order valence-corrected chi connectivity index (χ3v) is 3.60. The Bertz CT molecular complexity index is 543. The third kappa shape index (κ3) is 3.76. The van der Waals surface area contributed by atoms with E-state index in [1.54, 1.807) is 0 Å². The number of terminal acetylenes is 1. The van der Waals surface area contributed by atoms with Crippen LogP contribution in [0.25, 0.3) is 0 Å². The van der Waals surface area contributed by atoms with Crippen molar-refractivity contribution in [2.45, 2.75) is 13.0 Å². The number of carbonyl (C=O) groups is 2. The molecule has 0 spiro atoms. The van der Waals surface area contributed by atoms with Crippen molar-refractivity contribution in [3.8, 4) is 12.3 Å². The minimum absolute atomic E-state index is 0.0946. The molecular weight excluding hydrogens is 270 g/mol. The number of ether oxygens (including phenoxy) is 1. The van der Waals surface area contributed by atoms with E-state index in [4.69, 9.17) is 16.3 Å². The van der Waals surface area contributed by atoms with Gasteiger partial charge in [-0.1, -0.05) is 30.3 Å². The van der Waals surface area contributed by atoms with E-state index < -0.39 is 18.0 Å². The standard InChI is InChI=1S/C16H17NO4/c1-2-6-14(15(18)19)13-9-17(10-13)16(20)21-11-12-7-4-3-5-8-12/h1,3-5,7-8,13-14H,6,9-11H2,(H,18,19). The number of hydrogen-bond donors (Lipinski definition) is 1. The highest BCUT2D eigenvalue weighted by molar-refractivity contribution is 5.73. The Morgan fingerprint density at radius 3 is 2.62 bits per heavy atom. The highest BCUT2D eigenvalue weighted by Gasteiger charge is 2.39. The Morgan fingerprint density at radius 1 is 1.38 bits per heavy atom. The molecule has 0 saturated carbocycles. The number of rotatable bonds is 5. The number of carbonyl (C=O) groups excluding carboxylic acids is 1. The Balaban J connectivity index is 1.77. The lowest BCUT2D eigenvalue weighted by molar-refractivity contribution is -0.145. The molecule has 21 heavy (non-hydrogen) atoms. The van der Waals surface area contributed by atoms with Crippen molar-refractivity contribution in [2.75, 3.05) is 13.1 Å². The van der Waals surface area contributed by atoms with E-state index in [9.17, 15) is 9.59 Å². The maximum Gasteiger partial charge on any atom is 0.410 e. The molecule has 1 aromatic carbocycles. The number of aliphatic carboxylic acids is 1. The molecule has 1 aromatic rings. The van der Waals surface area contributed by atoms with Gasteiger partial charge in [0.05, 0.1) is 5.92 Å². The second kappa shape index (κ2) is 6.80. The van der Waals surface area contributed by atoms with Crippen LogP contribution in [0.2, 0.25) is 0 Å². The molecule has 2 rings (SSSR count). The number of amides is 1. The predicted molar refractivity (Wildman–Crippen MR) is 76.3 cm³/mol. The lowest BCUT2D eigenvalue weighted by Crippen LogP contribution is -2.54. The van der Waals surface area contributed by atoms with Crippen LogP contribution in [-0.2, 0) is 16.1 Å². The lowest BCUT2D eigenvalue weighted by Gasteiger charge is -2.40. The second-order valence-corrected chi connectivity index (χ2v) is 5.06. The van der Waals surface area contributed by atoms with Gasteiger partial charge in [0.25, 0.3) is 0 Å². The van der Waals surface area contributed by atoms with E-state index >= 15 is 0 Å². The van der Waals surface area contributed by atoms with Crippen LogP contribution in [0.4, 0.5) is 4.79 Å². The summed E-state index contributed by atoms with van der Waals surface area (Å²) in [4.78, 5) is 24.4. The molecule has 1 fully saturated rings. The molecule has 1 aliphatic rings. The Kier molecular flexibility index (Phi) is 4.83. The molecule has 1 aliphatic heterocycles. The van der Waals surface area contributed by atoms with Gasteiger partial charge in [0.2, 0.25) is 0 Å². The molecule has 5 nitrogen and oxygen atoms in total. The Hall–Kier alpha value is -2.48. The van der Waals surface area contributed by atoms with Gasteiger partial charge in [-0.25, -0.2) is 4.79 Å². The fraction of sp³-hybridized carbons (Fsp3) is 0.375. The topological polar surface area (TPSA) is 66.8 Å². The van der Waals surface area contributed by atoms with Crippen LogP contribution in [0.1, 0.15) is 12.0 Å². The van der Waals surface area contributed by atoms with Crippen molar-refractivity contribution in [1.82, 2.24) is 4.90 Å². The van der Waals surface area contributed by atoms with Gasteiger partial charge in [-0.3, -0.25) is 4.79 Å². The molecule has 1 heterocycles. The van der Waals surface area contributed by atoms with E-state index in [1.165, 1.54) is 4.90 Å². The van der Waals surface area contributed by atoms with Crippen LogP contribution in [0.3, 0.4) is 0 Å². The van der Waals surface area contributed by atoms with Crippen LogP contribution < -0.4 is 0 Å². The van der Waals surface area contributed by atoms with Crippen molar-refractivity contribution in [3.05, 3.63) is 35.9 Å². The van der Waals surface area contributed by atoms with Crippen molar-refractivity contribution < 1.29 is 19.4 Å². The number of hydrogen-bond acceptors (Lipinski definition) is 3. The monoisotopic (exact) mass is 287 g/mol. The zero-order chi connectivity index (χ0) is 15.2. The van der Waals surface area contributed by atoms with E-state index in [1.807, 2.05) is 30.3 Å². The van der Waals surface area contributed by atoms with Crippen LogP contribution in [-0.4, -0.2) is 35.2 Å². The molecule has 1 saturated heterocycles. The van der Waals surface area contributed by atoms with Gasteiger partial charge in [-0.2, -0.15) is 0 Å². The normalized spacial score (nSPS) is 15.7. The number of carboxylic acids is 1. The first-order valence-corrected chi connectivity index (χ1v) is 6.73. The average molecular weight is 287 g/mol. The molecule has 5 heteroatoms. The number of likely N-dealkylation sites (tertiary alicyclic amines) is 1. The minimum atomic E-state index is -0.907. The summed E-state index contributed by atoms with van der Waals surface area (Å²) >= 11 is 0. The van der Waals surface area contributed by atoms with Crippen molar-refractivity contribution in [1.29, 1.82) is 0 Å². The molecule has 0 bridgehead atoms. The molecule has 1 unspecified atom stereocenters. The molecule has 1 amide bonds. The van der Waals surface area contributed by atoms with Crippen LogP contribution >= 0.6 is 0 Å². The van der Waals surface area contributed by atoms with E-state index in [2.05, 4.69) is 5.92 Å². The maximum atomic E-state index is 11.8. The van der Waals surface area contributed by atoms with Crippen LogP contribution in [0, 0.1) is 24.2 Å². The SMILES string of the molecule is C#CCC(C(=O)O)C1CN(C(=O)OCc2ccccc2)C1. The molecule has 110 valence electrons. The first kappa shape index (κ1) is 14.9. The smallest absolute Gasteiger partial charge is 0.410 e. The molecule has 1 atom stereocenters. The van der Waals surface area contributed by atoms with Gasteiger partial charge in [-0.15, -0.1) is 12.3 Å². The summed E-state index contributed by atoms with van der Waals surface area (Å²) in [5.41, 5.74) is 0.915. The van der Waals surface area contributed by atoms with Crippen molar-refractivity contribution in [3.63, 3.8) is 0 Å². The first-order chi connectivity index (χ1) is 10.1. The molecule has 1 N–H and O–H groups in total. The average Bonchev–Trinajstić information content (AvgIpc) is 2.43. The lowest BCUT2D eigenvalue weighted by atomic mass is 9.84. The van der Waals surface area contributed by atoms with Gasteiger partial charge in [0, 0.05) is 25.4 Å². The summed E-state index contributed by atoms with van der Waals surface area (Å²) in [7, 11) is 0. The summed E-state index contributed by atoms with van der Waals surface area (Å²) in [5, 5.41) is 9.09. The van der Waals surface area contributed by atoms with E-state index in [0.717, 1.165) is 5.56 Å². The summed E-state index contributed by atoms with van der Waals surface area (Å²) in [6, 6.07) is 9.39. The summed E-state index contributed by atoms with van der Waals surface area (Å²) in [6.45, 7) is 0.978. The van der Waals surface area contributed by atoms with Crippen molar-refractivity contribution >= 4 is 12.1 Å². The molecular formula is C16H17NO4. The Morgan fingerprint density at radius 2 is 2.05 bits per heavy atom. The Labute approximate surface area is 123 Å². The summed E-state index contributed by atoms with van der Waals surface area (Å²) in [5.74, 6) is 0.782. The van der Waals surface area contributed by atoms with Gasteiger partial charge in [-0.05, 0) is 5.56 Å². The zero-order valence-electron chi connectivity index (χ0n) is 11.6. The fourth-order valence-electron chi connectivity index (χ4n) is 2.31. The van der Waals surface area contributed by atoms with Gasteiger partial charge in [0.1, 0.15) is 6.61 Å². The predicted octanol–water partition coefficient (Wildman–Crippen LogP) is 1.98. The zero-order valence-corrected chi connectivity index (χ0v) is 11.6. The van der Waals surface area contributed by atoms with E-state index in [0.29, 0.717) is 13.1 Å². The second-order valence-electron chi connectivity index (χ2n) is 5.06. The van der Waals surface area contributed by atoms with Crippen LogP contribution in [0.15, 0.2) is 30.3 Å². The summed E-state index contributed by atoms with van der Waals surface area (Å²) < 4.78 is 5.18. The molecule has 0 radical (unpaired) electrons. The maximum absolute atomic E-state index is 11.8. The minimum Gasteiger partial charge on any atom is -0.481 e. The van der Waals surface area contributed by atoms with Crippen LogP contribution in [0.5, 0.6) is 0 Å². The highest BCUT2D eigenvalue weighted by Crippen LogP contribution is 2.27. The highest BCUT2D eigenvalue weighted by atomic mass is 16.6. The molecule has 0 aromatic heterocycles. The number of nitrogens with zero attached hydrogens (tertiary/aromatic N) is 1. The van der Waals surface area contributed by atoms with Gasteiger partial charge >= 0.3 is 12.1 Å². The molecule has 0 aliphatic carbocycles. The first-order valence-electron chi connectivity index (χ1n) is 6.73. The van der Waals surface area contributed by atoms with E-state index in [-0.39, 0.29) is 18.9 Å². The van der Waals surface area contributed by atoms with Gasteiger partial charge < -0.3 is 14.7 Å². The van der Waals surface area contributed by atoms with Crippen molar-refractivity contribution in [2.24, 2.45) is 11.8 Å². The number of benzene rings is 1. The fourth-order valence-corrected chi connectivity index (χ4v) is 2.31. The van der Waals surface area contributed by atoms with Gasteiger partial charge in [0.15, 0.2) is 0 Å². The number of carboxylic acid groups (broad SMARTS) is 1. The summed E-state index contributed by atoms with van der Waals surface area (Å²) in [6.07, 6.45) is 4.94.